The molecule has 20 heavy (non-hydrogen) atoms. The fourth-order valence-corrected chi connectivity index (χ4v) is 2.09. The summed E-state index contributed by atoms with van der Waals surface area (Å²) >= 11 is 0. The van der Waals surface area contributed by atoms with Crippen LogP contribution in [0.1, 0.15) is 38.5 Å². The highest BCUT2D eigenvalue weighted by molar-refractivity contribution is 5.85. The van der Waals surface area contributed by atoms with Crippen LogP contribution in [-0.2, 0) is 0 Å². The molecule has 1 saturated carbocycles. The van der Waals surface area contributed by atoms with Crippen molar-refractivity contribution in [3.8, 4) is 0 Å². The van der Waals surface area contributed by atoms with E-state index in [-0.39, 0.29) is 0 Å². The van der Waals surface area contributed by atoms with Crippen LogP contribution in [0.2, 0.25) is 0 Å². The molecule has 1 N–H and O–H groups in total. The smallest absolute Gasteiger partial charge is 0.200 e. The van der Waals surface area contributed by atoms with Crippen molar-refractivity contribution in [2.24, 2.45) is 5.10 Å². The van der Waals surface area contributed by atoms with Crippen molar-refractivity contribution in [3.05, 3.63) is 29.1 Å². The van der Waals surface area contributed by atoms with Gasteiger partial charge in [-0.1, -0.05) is 12.8 Å². The zero-order valence-electron chi connectivity index (χ0n) is 10.6. The Bertz CT molecular complexity index is 503. The van der Waals surface area contributed by atoms with E-state index < -0.39 is 34.8 Å². The Morgan fingerprint density at radius 1 is 0.650 bits per heavy atom. The van der Waals surface area contributed by atoms with Gasteiger partial charge in [0, 0.05) is 5.71 Å². The lowest BCUT2D eigenvalue weighted by molar-refractivity contribution is 0.381. The van der Waals surface area contributed by atoms with Gasteiger partial charge in [0.1, 0.15) is 5.69 Å². The van der Waals surface area contributed by atoms with Crippen molar-refractivity contribution in [1.82, 2.24) is 0 Å². The van der Waals surface area contributed by atoms with E-state index in [1.165, 1.54) is 0 Å². The molecule has 110 valence electrons. The van der Waals surface area contributed by atoms with E-state index in [4.69, 9.17) is 0 Å². The van der Waals surface area contributed by atoms with Crippen LogP contribution in [0.15, 0.2) is 5.10 Å². The fourth-order valence-electron chi connectivity index (χ4n) is 2.09. The topological polar surface area (TPSA) is 24.4 Å². The zero-order valence-corrected chi connectivity index (χ0v) is 10.6. The van der Waals surface area contributed by atoms with Gasteiger partial charge in [-0.25, -0.2) is 22.0 Å². The third kappa shape index (κ3) is 2.91. The summed E-state index contributed by atoms with van der Waals surface area (Å²) in [5.74, 6) is -9.94. The molecule has 2 nitrogen and oxygen atoms in total. The average molecular weight is 292 g/mol. The second-order valence-corrected chi connectivity index (χ2v) is 4.65. The predicted molar refractivity (Wildman–Crippen MR) is 65.0 cm³/mol. The van der Waals surface area contributed by atoms with Crippen molar-refractivity contribution in [2.75, 3.05) is 5.43 Å². The van der Waals surface area contributed by atoms with Gasteiger partial charge < -0.3 is 0 Å². The molecule has 1 aromatic carbocycles. The summed E-state index contributed by atoms with van der Waals surface area (Å²) in [6, 6.07) is 0. The van der Waals surface area contributed by atoms with Crippen LogP contribution in [0.4, 0.5) is 27.6 Å². The van der Waals surface area contributed by atoms with Gasteiger partial charge in [-0.3, -0.25) is 5.43 Å². The van der Waals surface area contributed by atoms with Crippen LogP contribution in [-0.4, -0.2) is 5.71 Å². The maximum Gasteiger partial charge on any atom is 0.200 e. The van der Waals surface area contributed by atoms with E-state index >= 15 is 0 Å². The highest BCUT2D eigenvalue weighted by atomic mass is 19.2. The SMILES string of the molecule is Fc1c(F)c(F)c(NN=C2CCCCCC2)c(F)c1F. The van der Waals surface area contributed by atoms with Crippen LogP contribution < -0.4 is 5.43 Å². The van der Waals surface area contributed by atoms with Gasteiger partial charge in [0.05, 0.1) is 0 Å². The molecule has 0 spiro atoms. The number of nitrogens with zero attached hydrogens (tertiary/aromatic N) is 1. The number of nitrogens with one attached hydrogen (secondary N) is 1. The van der Waals surface area contributed by atoms with E-state index in [0.29, 0.717) is 18.6 Å². The molecule has 0 amide bonds. The molecule has 1 aromatic rings. The van der Waals surface area contributed by atoms with Crippen LogP contribution in [0.3, 0.4) is 0 Å². The van der Waals surface area contributed by atoms with Crippen LogP contribution in [0.5, 0.6) is 0 Å². The minimum atomic E-state index is -2.17. The number of benzene rings is 1. The van der Waals surface area contributed by atoms with Gasteiger partial charge in [-0.05, 0) is 25.7 Å². The lowest BCUT2D eigenvalue weighted by Crippen LogP contribution is -2.08. The summed E-state index contributed by atoms with van der Waals surface area (Å²) in [6.45, 7) is 0. The summed E-state index contributed by atoms with van der Waals surface area (Å²) in [4.78, 5) is 0. The molecule has 1 aliphatic rings. The largest absolute Gasteiger partial charge is 0.272 e. The van der Waals surface area contributed by atoms with Crippen molar-refractivity contribution in [2.45, 2.75) is 38.5 Å². The molecule has 0 aromatic heterocycles. The number of hydrogen-bond acceptors (Lipinski definition) is 2. The second kappa shape index (κ2) is 6.19. The van der Waals surface area contributed by atoms with Crippen molar-refractivity contribution in [1.29, 1.82) is 0 Å². The molecule has 1 fully saturated rings. The Morgan fingerprint density at radius 2 is 1.10 bits per heavy atom. The van der Waals surface area contributed by atoms with E-state index in [1.54, 1.807) is 0 Å². The molecule has 2 rings (SSSR count). The van der Waals surface area contributed by atoms with Gasteiger partial charge in [0.2, 0.25) is 5.82 Å². The molecular formula is C13H13F5N2. The van der Waals surface area contributed by atoms with Gasteiger partial charge in [-0.2, -0.15) is 5.10 Å². The van der Waals surface area contributed by atoms with E-state index in [0.717, 1.165) is 25.7 Å². The third-order valence-electron chi connectivity index (χ3n) is 3.22. The second-order valence-electron chi connectivity index (χ2n) is 4.65. The van der Waals surface area contributed by atoms with Gasteiger partial charge in [0.15, 0.2) is 23.3 Å². The Morgan fingerprint density at radius 3 is 1.60 bits per heavy atom. The first kappa shape index (κ1) is 14.7. The molecule has 7 heteroatoms. The minimum absolute atomic E-state index is 0.655. The Balaban J connectivity index is 2.27. The molecular weight excluding hydrogens is 279 g/mol. The summed E-state index contributed by atoms with van der Waals surface area (Å²) in [5.41, 5.74) is 1.54. The molecule has 0 aliphatic heterocycles. The first-order valence-corrected chi connectivity index (χ1v) is 6.35. The first-order valence-electron chi connectivity index (χ1n) is 6.35. The lowest BCUT2D eigenvalue weighted by Gasteiger charge is -2.08. The molecule has 0 radical (unpaired) electrons. The summed E-state index contributed by atoms with van der Waals surface area (Å²) in [7, 11) is 0. The zero-order chi connectivity index (χ0) is 14.7. The maximum atomic E-state index is 13.4. The lowest BCUT2D eigenvalue weighted by atomic mass is 10.2. The Kier molecular flexibility index (Phi) is 4.57. The van der Waals surface area contributed by atoms with Crippen molar-refractivity contribution < 1.29 is 22.0 Å². The van der Waals surface area contributed by atoms with Crippen molar-refractivity contribution in [3.63, 3.8) is 0 Å². The maximum absolute atomic E-state index is 13.4. The van der Waals surface area contributed by atoms with Crippen LogP contribution >= 0.6 is 0 Å². The molecule has 0 saturated heterocycles. The minimum Gasteiger partial charge on any atom is -0.272 e. The standard InChI is InChI=1S/C13H13F5N2/c14-8-9(15)11(17)13(12(18)10(8)16)20-19-7-5-3-1-2-4-6-7/h20H,1-6H2. The third-order valence-corrected chi connectivity index (χ3v) is 3.22. The predicted octanol–water partition coefficient (Wildman–Crippen LogP) is 4.50. The summed E-state index contributed by atoms with van der Waals surface area (Å²) in [6.07, 6.45) is 5.20. The van der Waals surface area contributed by atoms with Gasteiger partial charge in [0.25, 0.3) is 0 Å². The number of halogens is 5. The fraction of sp³-hybridized carbons (Fsp3) is 0.462. The first-order chi connectivity index (χ1) is 9.52. The number of hydrogen-bond donors (Lipinski definition) is 1. The normalized spacial score (nSPS) is 15.9. The summed E-state index contributed by atoms with van der Waals surface area (Å²) < 4.78 is 65.6. The average Bonchev–Trinajstić information content (AvgIpc) is 2.72. The van der Waals surface area contributed by atoms with Gasteiger partial charge in [-0.15, -0.1) is 0 Å². The number of hydrazone groups is 1. The highest BCUT2D eigenvalue weighted by Gasteiger charge is 2.25. The molecule has 0 atom stereocenters. The van der Waals surface area contributed by atoms with Crippen molar-refractivity contribution >= 4 is 11.4 Å². The highest BCUT2D eigenvalue weighted by Crippen LogP contribution is 2.27. The number of rotatable bonds is 2. The number of anilines is 1. The molecule has 0 unspecified atom stereocenters. The van der Waals surface area contributed by atoms with E-state index in [1.807, 2.05) is 5.43 Å². The quantitative estimate of drug-likeness (QED) is 0.280. The molecule has 0 bridgehead atoms. The monoisotopic (exact) mass is 292 g/mol. The Hall–Kier alpha value is -1.66. The van der Waals surface area contributed by atoms with E-state index in [9.17, 15) is 22.0 Å². The molecule has 0 heterocycles. The molecule has 1 aliphatic carbocycles. The Labute approximate surface area is 112 Å². The van der Waals surface area contributed by atoms with Crippen LogP contribution in [0.25, 0.3) is 0 Å². The van der Waals surface area contributed by atoms with Gasteiger partial charge >= 0.3 is 0 Å². The van der Waals surface area contributed by atoms with Crippen LogP contribution in [0, 0.1) is 29.1 Å². The summed E-state index contributed by atoms with van der Waals surface area (Å²) in [5, 5.41) is 3.78. The van der Waals surface area contributed by atoms with E-state index in [2.05, 4.69) is 5.10 Å².